The van der Waals surface area contributed by atoms with E-state index in [2.05, 4.69) is 30.9 Å². The number of imidazole rings is 1. The Balaban J connectivity index is 1.80. The Labute approximate surface area is 160 Å². The average Bonchev–Trinajstić information content (AvgIpc) is 3.22. The van der Waals surface area contributed by atoms with Crippen LogP contribution in [0.1, 0.15) is 16.1 Å². The van der Waals surface area contributed by atoms with Gasteiger partial charge in [0.25, 0.3) is 0 Å². The van der Waals surface area contributed by atoms with E-state index in [1.165, 1.54) is 6.08 Å². The molecule has 4 rings (SSSR count). The van der Waals surface area contributed by atoms with E-state index in [-0.39, 0.29) is 11.4 Å². The molecule has 1 aromatic carbocycles. The summed E-state index contributed by atoms with van der Waals surface area (Å²) in [5.74, 6) is -0.371. The minimum absolute atomic E-state index is 0.00980. The van der Waals surface area contributed by atoms with Crippen LogP contribution in [0.25, 0.3) is 22.6 Å². The topological polar surface area (TPSA) is 86.8 Å². The highest BCUT2D eigenvalue weighted by atomic mass is 79.9. The second kappa shape index (κ2) is 6.41. The molecule has 3 heterocycles. The minimum Gasteiger partial charge on any atom is -0.360 e. The summed E-state index contributed by atoms with van der Waals surface area (Å²) >= 11 is 9.27. The molecule has 8 heteroatoms. The van der Waals surface area contributed by atoms with E-state index in [1.54, 1.807) is 47.4 Å². The molecule has 3 aromatic heterocycles. The largest absolute Gasteiger partial charge is 0.360 e. The molecule has 0 unspecified atom stereocenters. The van der Waals surface area contributed by atoms with Gasteiger partial charge in [0, 0.05) is 33.9 Å². The van der Waals surface area contributed by atoms with Crippen LogP contribution in [0.4, 0.5) is 0 Å². The van der Waals surface area contributed by atoms with Crippen LogP contribution in [0, 0.1) is 11.3 Å². The predicted molar refractivity (Wildman–Crippen MR) is 102 cm³/mol. The van der Waals surface area contributed by atoms with Gasteiger partial charge >= 0.3 is 0 Å². The summed E-state index contributed by atoms with van der Waals surface area (Å²) in [5, 5.41) is 10.8. The summed E-state index contributed by atoms with van der Waals surface area (Å²) in [6.07, 6.45) is 8.01. The molecule has 1 N–H and O–H groups in total. The smallest absolute Gasteiger partial charge is 0.205 e. The number of rotatable bonds is 3. The van der Waals surface area contributed by atoms with E-state index in [0.29, 0.717) is 31.9 Å². The lowest BCUT2D eigenvalue weighted by atomic mass is 10.0. The van der Waals surface area contributed by atoms with E-state index >= 15 is 0 Å². The molecule has 0 atom stereocenters. The first-order valence-electron chi connectivity index (χ1n) is 7.48. The van der Waals surface area contributed by atoms with Gasteiger partial charge < -0.3 is 4.98 Å². The zero-order chi connectivity index (χ0) is 18.3. The molecule has 4 aromatic rings. The number of halogens is 2. The van der Waals surface area contributed by atoms with Crippen LogP contribution >= 0.6 is 27.5 Å². The van der Waals surface area contributed by atoms with E-state index in [0.717, 1.165) is 5.52 Å². The van der Waals surface area contributed by atoms with Gasteiger partial charge in [-0.2, -0.15) is 5.26 Å². The average molecular weight is 427 g/mol. The predicted octanol–water partition coefficient (Wildman–Crippen LogP) is 4.42. The molecule has 0 aliphatic heterocycles. The fraction of sp³-hybridized carbons (Fsp3) is 0. The summed E-state index contributed by atoms with van der Waals surface area (Å²) in [6.45, 7) is 0. The first kappa shape index (κ1) is 16.5. The number of aromatic nitrogens is 4. The maximum absolute atomic E-state index is 12.9. The van der Waals surface area contributed by atoms with Crippen LogP contribution in [0.2, 0.25) is 5.02 Å². The van der Waals surface area contributed by atoms with Gasteiger partial charge in [0.15, 0.2) is 5.65 Å². The van der Waals surface area contributed by atoms with Crippen LogP contribution in [0.15, 0.2) is 53.2 Å². The minimum atomic E-state index is -0.371. The van der Waals surface area contributed by atoms with Crippen molar-refractivity contribution in [1.82, 2.24) is 19.4 Å². The molecule has 0 aliphatic carbocycles. The summed E-state index contributed by atoms with van der Waals surface area (Å²) in [6, 6.07) is 7.19. The number of nitriles is 1. The number of carbonyl (C=O) groups excluding carboxylic acids is 1. The SMILES string of the molecule is N#C/C(=C\c1cnc2cnc(Br)cn12)C(=O)c1c[nH]c2cc(Cl)ccc12. The molecule has 0 spiro atoms. The van der Waals surface area contributed by atoms with Crippen molar-refractivity contribution in [2.24, 2.45) is 0 Å². The third kappa shape index (κ3) is 2.79. The first-order valence-corrected chi connectivity index (χ1v) is 8.65. The molecule has 26 heavy (non-hydrogen) atoms. The number of hydrogen-bond donors (Lipinski definition) is 1. The standard InChI is InChI=1S/C18H9BrClN5O/c19-16-9-25-12(6-24-17(25)8-23-16)3-10(5-21)18(26)14-7-22-15-4-11(20)1-2-13(14)15/h1-4,6-9,22H/b10-3+. The second-order valence-electron chi connectivity index (χ2n) is 5.51. The molecule has 6 nitrogen and oxygen atoms in total. The maximum Gasteiger partial charge on any atom is 0.205 e. The van der Waals surface area contributed by atoms with Gasteiger partial charge in [-0.15, -0.1) is 0 Å². The molecular formula is C18H9BrClN5O. The molecule has 0 radical (unpaired) electrons. The third-order valence-corrected chi connectivity index (χ3v) is 4.58. The fourth-order valence-corrected chi connectivity index (χ4v) is 3.20. The first-order chi connectivity index (χ1) is 12.6. The third-order valence-electron chi connectivity index (χ3n) is 3.94. The van der Waals surface area contributed by atoms with Crippen molar-refractivity contribution in [3.05, 3.63) is 69.4 Å². The van der Waals surface area contributed by atoms with Crippen LogP contribution < -0.4 is 0 Å². The van der Waals surface area contributed by atoms with E-state index in [1.807, 2.05) is 6.07 Å². The van der Waals surface area contributed by atoms with Gasteiger partial charge in [-0.25, -0.2) is 9.97 Å². The van der Waals surface area contributed by atoms with Crippen molar-refractivity contribution < 1.29 is 4.79 Å². The van der Waals surface area contributed by atoms with Crippen molar-refractivity contribution in [1.29, 1.82) is 5.26 Å². The zero-order valence-electron chi connectivity index (χ0n) is 13.1. The maximum atomic E-state index is 12.9. The van der Waals surface area contributed by atoms with Crippen molar-refractivity contribution >= 4 is 55.9 Å². The van der Waals surface area contributed by atoms with Crippen molar-refractivity contribution in [2.45, 2.75) is 0 Å². The van der Waals surface area contributed by atoms with Gasteiger partial charge in [-0.3, -0.25) is 9.20 Å². The summed E-state index contributed by atoms with van der Waals surface area (Å²) in [5.41, 5.74) is 2.39. The number of carbonyl (C=O) groups is 1. The number of Topliss-reactive ketones (excluding diaryl/α,β-unsaturated/α-hetero) is 1. The molecule has 0 saturated heterocycles. The van der Waals surface area contributed by atoms with Gasteiger partial charge in [-0.1, -0.05) is 17.7 Å². The Hall–Kier alpha value is -2.95. The van der Waals surface area contributed by atoms with Gasteiger partial charge in [0.1, 0.15) is 16.2 Å². The Morgan fingerprint density at radius 2 is 2.19 bits per heavy atom. The Morgan fingerprint density at radius 3 is 3.00 bits per heavy atom. The number of allylic oxidation sites excluding steroid dienone is 1. The van der Waals surface area contributed by atoms with Crippen molar-refractivity contribution in [2.75, 3.05) is 0 Å². The van der Waals surface area contributed by atoms with Crippen molar-refractivity contribution in [3.8, 4) is 6.07 Å². The number of nitrogens with one attached hydrogen (secondary N) is 1. The zero-order valence-corrected chi connectivity index (χ0v) is 15.4. The highest BCUT2D eigenvalue weighted by Gasteiger charge is 2.17. The van der Waals surface area contributed by atoms with E-state index in [9.17, 15) is 10.1 Å². The summed E-state index contributed by atoms with van der Waals surface area (Å²) in [7, 11) is 0. The Morgan fingerprint density at radius 1 is 1.35 bits per heavy atom. The number of H-pyrrole nitrogens is 1. The monoisotopic (exact) mass is 425 g/mol. The number of benzene rings is 1. The number of aromatic amines is 1. The lowest BCUT2D eigenvalue weighted by Crippen LogP contribution is -2.01. The van der Waals surface area contributed by atoms with Crippen LogP contribution in [0.3, 0.4) is 0 Å². The van der Waals surface area contributed by atoms with Gasteiger partial charge in [0.05, 0.1) is 18.1 Å². The van der Waals surface area contributed by atoms with E-state index in [4.69, 9.17) is 11.6 Å². The van der Waals surface area contributed by atoms with Crippen molar-refractivity contribution in [3.63, 3.8) is 0 Å². The number of ketones is 1. The molecular weight excluding hydrogens is 418 g/mol. The highest BCUT2D eigenvalue weighted by Crippen LogP contribution is 2.24. The molecule has 126 valence electrons. The summed E-state index contributed by atoms with van der Waals surface area (Å²) < 4.78 is 2.37. The van der Waals surface area contributed by atoms with E-state index < -0.39 is 0 Å². The molecule has 0 aliphatic rings. The lowest BCUT2D eigenvalue weighted by molar-refractivity contribution is 0.104. The summed E-state index contributed by atoms with van der Waals surface area (Å²) in [4.78, 5) is 24.2. The molecule has 0 saturated carbocycles. The number of hydrogen-bond acceptors (Lipinski definition) is 4. The Kier molecular flexibility index (Phi) is 4.07. The van der Waals surface area contributed by atoms with Crippen LogP contribution in [-0.4, -0.2) is 25.1 Å². The van der Waals surface area contributed by atoms with Crippen LogP contribution in [0.5, 0.6) is 0 Å². The molecule has 0 bridgehead atoms. The normalized spacial score (nSPS) is 11.8. The lowest BCUT2D eigenvalue weighted by Gasteiger charge is -2.00. The highest BCUT2D eigenvalue weighted by molar-refractivity contribution is 9.10. The van der Waals surface area contributed by atoms with Gasteiger partial charge in [0.2, 0.25) is 5.78 Å². The van der Waals surface area contributed by atoms with Crippen LogP contribution in [-0.2, 0) is 0 Å². The quantitative estimate of drug-likeness (QED) is 0.298. The Bertz CT molecular complexity index is 1250. The molecule has 0 amide bonds. The number of fused-ring (bicyclic) bond motifs is 2. The fourth-order valence-electron chi connectivity index (χ4n) is 2.72. The van der Waals surface area contributed by atoms with Gasteiger partial charge in [-0.05, 0) is 34.1 Å². The second-order valence-corrected chi connectivity index (χ2v) is 6.76. The molecule has 0 fully saturated rings. The number of nitrogens with zero attached hydrogens (tertiary/aromatic N) is 4.